The highest BCUT2D eigenvalue weighted by Gasteiger charge is 2.11. The highest BCUT2D eigenvalue weighted by Crippen LogP contribution is 2.22. The minimum Gasteiger partial charge on any atom is -0.372 e. The van der Waals surface area contributed by atoms with E-state index in [0.29, 0.717) is 0 Å². The van der Waals surface area contributed by atoms with Crippen LogP contribution in [0, 0.1) is 6.92 Å². The van der Waals surface area contributed by atoms with E-state index in [9.17, 15) is 0 Å². The van der Waals surface area contributed by atoms with Crippen molar-refractivity contribution >= 4 is 17.3 Å². The van der Waals surface area contributed by atoms with Gasteiger partial charge in [-0.2, -0.15) is 0 Å². The summed E-state index contributed by atoms with van der Waals surface area (Å²) in [4.78, 5) is 2.38. The first-order valence-electron chi connectivity index (χ1n) is 7.43. The summed E-state index contributed by atoms with van der Waals surface area (Å²) in [6.07, 6.45) is 0.920. The molecule has 2 rings (SSSR count). The van der Waals surface area contributed by atoms with Gasteiger partial charge in [0.15, 0.2) is 0 Å². The quantitative estimate of drug-likeness (QED) is 0.847. The Balaban J connectivity index is 2.00. The minimum absolute atomic E-state index is 0.0420. The Bertz CT molecular complexity index is 566. The summed E-state index contributed by atoms with van der Waals surface area (Å²) in [5.74, 6) is 0. The van der Waals surface area contributed by atoms with E-state index < -0.39 is 0 Å². The van der Waals surface area contributed by atoms with Gasteiger partial charge >= 0.3 is 0 Å². The molecule has 0 spiro atoms. The zero-order chi connectivity index (χ0) is 15.2. The van der Waals surface area contributed by atoms with Gasteiger partial charge in [-0.15, -0.1) is 0 Å². The average molecular weight is 303 g/mol. The number of halogens is 1. The van der Waals surface area contributed by atoms with Crippen molar-refractivity contribution in [3.63, 3.8) is 0 Å². The topological polar surface area (TPSA) is 29.3 Å². The van der Waals surface area contributed by atoms with Crippen LogP contribution in [0.5, 0.6) is 0 Å². The molecule has 112 valence electrons. The van der Waals surface area contributed by atoms with Gasteiger partial charge in [0.2, 0.25) is 0 Å². The molecule has 0 bridgehead atoms. The number of nitrogens with two attached hydrogens (primary N) is 1. The fraction of sp³-hybridized carbons (Fsp3) is 0.333. The zero-order valence-electron chi connectivity index (χ0n) is 12.7. The number of aryl methyl sites for hydroxylation is 1. The number of anilines is 1. The summed E-state index contributed by atoms with van der Waals surface area (Å²) >= 11 is 5.91. The molecule has 0 radical (unpaired) electrons. The zero-order valence-corrected chi connectivity index (χ0v) is 13.5. The maximum absolute atomic E-state index is 6.29. The fourth-order valence-electron chi connectivity index (χ4n) is 2.54. The second-order valence-electron chi connectivity index (χ2n) is 5.31. The van der Waals surface area contributed by atoms with Gasteiger partial charge < -0.3 is 10.6 Å². The van der Waals surface area contributed by atoms with Gasteiger partial charge in [0, 0.05) is 29.8 Å². The van der Waals surface area contributed by atoms with E-state index in [1.54, 1.807) is 0 Å². The minimum atomic E-state index is 0.0420. The van der Waals surface area contributed by atoms with Crippen molar-refractivity contribution in [3.05, 3.63) is 64.7 Å². The van der Waals surface area contributed by atoms with E-state index in [1.165, 1.54) is 11.3 Å². The lowest BCUT2D eigenvalue weighted by Crippen LogP contribution is -2.27. The smallest absolute Gasteiger partial charge is 0.0406 e. The van der Waals surface area contributed by atoms with Crippen molar-refractivity contribution in [2.75, 3.05) is 18.0 Å². The van der Waals surface area contributed by atoms with Gasteiger partial charge in [0.25, 0.3) is 0 Å². The van der Waals surface area contributed by atoms with Crippen LogP contribution in [0.4, 0.5) is 5.69 Å². The summed E-state index contributed by atoms with van der Waals surface area (Å²) in [6.45, 7) is 6.26. The summed E-state index contributed by atoms with van der Waals surface area (Å²) in [7, 11) is 0. The predicted octanol–water partition coefficient (Wildman–Crippen LogP) is 4.56. The van der Waals surface area contributed by atoms with Crippen molar-refractivity contribution < 1.29 is 0 Å². The van der Waals surface area contributed by atoms with Crippen LogP contribution in [-0.4, -0.2) is 13.1 Å². The molecular weight excluding hydrogens is 280 g/mol. The fourth-order valence-corrected chi connectivity index (χ4v) is 2.66. The molecule has 21 heavy (non-hydrogen) atoms. The third-order valence-corrected chi connectivity index (χ3v) is 4.10. The molecule has 2 aromatic carbocycles. The highest BCUT2D eigenvalue weighted by molar-refractivity contribution is 6.30. The molecule has 2 nitrogen and oxygen atoms in total. The number of para-hydroxylation sites is 1. The van der Waals surface area contributed by atoms with Gasteiger partial charge in [0.1, 0.15) is 0 Å². The van der Waals surface area contributed by atoms with Crippen LogP contribution in [0.2, 0.25) is 5.02 Å². The van der Waals surface area contributed by atoms with E-state index in [2.05, 4.69) is 43.0 Å². The van der Waals surface area contributed by atoms with Gasteiger partial charge in [-0.25, -0.2) is 0 Å². The summed E-state index contributed by atoms with van der Waals surface area (Å²) in [5.41, 5.74) is 10.0. The standard InChI is InChI=1S/C18H23ClN2/c1-3-21(18-7-5-4-6-14(18)2)13-12-17(20)15-8-10-16(19)11-9-15/h4-11,17H,3,12-13,20H2,1-2H3. The first-order chi connectivity index (χ1) is 10.1. The van der Waals surface area contributed by atoms with Crippen molar-refractivity contribution in [1.29, 1.82) is 0 Å². The Morgan fingerprint density at radius 1 is 1.10 bits per heavy atom. The lowest BCUT2D eigenvalue weighted by molar-refractivity contribution is 0.631. The third-order valence-electron chi connectivity index (χ3n) is 3.85. The Hall–Kier alpha value is -1.51. The van der Waals surface area contributed by atoms with Crippen LogP contribution in [0.25, 0.3) is 0 Å². The van der Waals surface area contributed by atoms with Crippen LogP contribution in [0.15, 0.2) is 48.5 Å². The van der Waals surface area contributed by atoms with Gasteiger partial charge in [-0.1, -0.05) is 41.9 Å². The Morgan fingerprint density at radius 3 is 2.38 bits per heavy atom. The molecular formula is C18H23ClN2. The molecule has 2 N–H and O–H groups in total. The lowest BCUT2D eigenvalue weighted by atomic mass is 10.0. The molecule has 3 heteroatoms. The molecule has 0 fully saturated rings. The summed E-state index contributed by atoms with van der Waals surface area (Å²) < 4.78 is 0. The predicted molar refractivity (Wildman–Crippen MR) is 92.1 cm³/mol. The molecule has 0 aliphatic heterocycles. The number of hydrogen-bond donors (Lipinski definition) is 1. The van der Waals surface area contributed by atoms with E-state index in [4.69, 9.17) is 17.3 Å². The Labute approximate surface area is 132 Å². The molecule has 0 aliphatic rings. The van der Waals surface area contributed by atoms with Gasteiger partial charge in [-0.05, 0) is 49.6 Å². The SMILES string of the molecule is CCN(CCC(N)c1ccc(Cl)cc1)c1ccccc1C. The maximum Gasteiger partial charge on any atom is 0.0406 e. The van der Waals surface area contributed by atoms with Crippen molar-refractivity contribution in [3.8, 4) is 0 Å². The molecule has 0 heterocycles. The second-order valence-corrected chi connectivity index (χ2v) is 5.75. The number of hydrogen-bond acceptors (Lipinski definition) is 2. The van der Waals surface area contributed by atoms with E-state index >= 15 is 0 Å². The maximum atomic E-state index is 6.29. The molecule has 1 atom stereocenters. The normalized spacial score (nSPS) is 12.2. The monoisotopic (exact) mass is 302 g/mol. The van der Waals surface area contributed by atoms with Crippen LogP contribution in [-0.2, 0) is 0 Å². The van der Waals surface area contributed by atoms with E-state index in [0.717, 1.165) is 30.1 Å². The van der Waals surface area contributed by atoms with Crippen LogP contribution >= 0.6 is 11.6 Å². The molecule has 0 aromatic heterocycles. The van der Waals surface area contributed by atoms with Crippen LogP contribution in [0.1, 0.15) is 30.5 Å². The molecule has 2 aromatic rings. The first-order valence-corrected chi connectivity index (χ1v) is 7.81. The number of benzene rings is 2. The number of rotatable bonds is 6. The largest absolute Gasteiger partial charge is 0.372 e. The van der Waals surface area contributed by atoms with Gasteiger partial charge in [-0.3, -0.25) is 0 Å². The Morgan fingerprint density at radius 2 is 1.76 bits per heavy atom. The van der Waals surface area contributed by atoms with Gasteiger partial charge in [0.05, 0.1) is 0 Å². The molecule has 0 amide bonds. The van der Waals surface area contributed by atoms with E-state index in [1.807, 2.05) is 24.3 Å². The lowest BCUT2D eigenvalue weighted by Gasteiger charge is -2.26. The molecule has 1 unspecified atom stereocenters. The molecule has 0 aliphatic carbocycles. The first kappa shape index (κ1) is 15.9. The third kappa shape index (κ3) is 4.23. The van der Waals surface area contributed by atoms with E-state index in [-0.39, 0.29) is 6.04 Å². The molecule has 0 saturated carbocycles. The summed E-state index contributed by atoms with van der Waals surface area (Å²) in [5, 5.41) is 0.751. The molecule has 0 saturated heterocycles. The summed E-state index contributed by atoms with van der Waals surface area (Å²) in [6, 6.07) is 16.3. The number of nitrogens with zero attached hydrogens (tertiary/aromatic N) is 1. The van der Waals surface area contributed by atoms with Crippen molar-refractivity contribution in [2.24, 2.45) is 5.73 Å². The van der Waals surface area contributed by atoms with Crippen LogP contribution < -0.4 is 10.6 Å². The highest BCUT2D eigenvalue weighted by atomic mass is 35.5. The average Bonchev–Trinajstić information content (AvgIpc) is 2.50. The second kappa shape index (κ2) is 7.48. The van der Waals surface area contributed by atoms with Crippen molar-refractivity contribution in [2.45, 2.75) is 26.3 Å². The Kier molecular flexibility index (Phi) is 5.66. The van der Waals surface area contributed by atoms with Crippen LogP contribution in [0.3, 0.4) is 0 Å². The van der Waals surface area contributed by atoms with Crippen molar-refractivity contribution in [1.82, 2.24) is 0 Å².